The van der Waals surface area contributed by atoms with Crippen molar-refractivity contribution in [2.24, 2.45) is 11.7 Å². The molecule has 1 aromatic rings. The van der Waals surface area contributed by atoms with Crippen LogP contribution < -0.4 is 5.73 Å². The van der Waals surface area contributed by atoms with E-state index in [1.165, 1.54) is 24.0 Å². The molecular weight excluding hydrogens is 260 g/mol. The molecule has 0 aromatic heterocycles. The molecule has 2 unspecified atom stereocenters. The largest absolute Gasteiger partial charge is 0.384 e. The van der Waals surface area contributed by atoms with Gasteiger partial charge < -0.3 is 10.5 Å². The fourth-order valence-corrected chi connectivity index (χ4v) is 3.35. The van der Waals surface area contributed by atoms with Crippen molar-refractivity contribution in [1.29, 1.82) is 0 Å². The lowest BCUT2D eigenvalue weighted by molar-refractivity contribution is 0.0697. The topological polar surface area (TPSA) is 38.5 Å². The van der Waals surface area contributed by atoms with Crippen LogP contribution in [0.2, 0.25) is 0 Å². The van der Waals surface area contributed by atoms with E-state index in [1.807, 2.05) is 0 Å². The van der Waals surface area contributed by atoms with Gasteiger partial charge in [0.25, 0.3) is 0 Å². The molecule has 1 aromatic carbocycles. The summed E-state index contributed by atoms with van der Waals surface area (Å²) in [7, 11) is 1.80. The van der Waals surface area contributed by atoms with Crippen molar-refractivity contribution in [2.75, 3.05) is 33.4 Å². The second-order valence-electron chi connectivity index (χ2n) is 6.53. The van der Waals surface area contributed by atoms with Gasteiger partial charge in [0, 0.05) is 26.2 Å². The van der Waals surface area contributed by atoms with Crippen LogP contribution in [-0.4, -0.2) is 38.3 Å². The third kappa shape index (κ3) is 4.29. The summed E-state index contributed by atoms with van der Waals surface area (Å²) in [4.78, 5) is 2.54. The minimum atomic E-state index is 0.339. The summed E-state index contributed by atoms with van der Waals surface area (Å²) in [6.07, 6.45) is 2.52. The van der Waals surface area contributed by atoms with E-state index < -0.39 is 0 Å². The van der Waals surface area contributed by atoms with Crippen LogP contribution in [0.5, 0.6) is 0 Å². The van der Waals surface area contributed by atoms with Crippen LogP contribution in [0.25, 0.3) is 0 Å². The van der Waals surface area contributed by atoms with Gasteiger partial charge in [-0.3, -0.25) is 4.90 Å². The fraction of sp³-hybridized carbons (Fsp3) is 0.667. The summed E-state index contributed by atoms with van der Waals surface area (Å²) in [5.41, 5.74) is 8.82. The Labute approximate surface area is 129 Å². The monoisotopic (exact) mass is 290 g/mol. The Balaban J connectivity index is 2.07. The van der Waals surface area contributed by atoms with Gasteiger partial charge in [-0.1, -0.05) is 38.1 Å². The van der Waals surface area contributed by atoms with Crippen molar-refractivity contribution in [2.45, 2.75) is 38.6 Å². The van der Waals surface area contributed by atoms with Crippen molar-refractivity contribution >= 4 is 0 Å². The van der Waals surface area contributed by atoms with Crippen molar-refractivity contribution in [3.63, 3.8) is 0 Å². The summed E-state index contributed by atoms with van der Waals surface area (Å²) < 4.78 is 5.33. The van der Waals surface area contributed by atoms with Gasteiger partial charge in [0.05, 0.1) is 6.61 Å². The first-order valence-corrected chi connectivity index (χ1v) is 8.18. The number of nitrogens with two attached hydrogens (primary N) is 1. The summed E-state index contributed by atoms with van der Waals surface area (Å²) in [5.74, 6) is 1.23. The molecule has 0 saturated carbocycles. The minimum absolute atomic E-state index is 0.339. The van der Waals surface area contributed by atoms with Crippen molar-refractivity contribution in [3.05, 3.63) is 35.4 Å². The average molecular weight is 290 g/mol. The van der Waals surface area contributed by atoms with Gasteiger partial charge >= 0.3 is 0 Å². The van der Waals surface area contributed by atoms with Crippen LogP contribution >= 0.6 is 0 Å². The zero-order valence-electron chi connectivity index (χ0n) is 13.7. The average Bonchev–Trinajstić information content (AvgIpc) is 2.49. The van der Waals surface area contributed by atoms with Crippen LogP contribution in [0, 0.1) is 5.92 Å². The molecule has 1 fully saturated rings. The van der Waals surface area contributed by atoms with Crippen LogP contribution in [0.1, 0.15) is 49.8 Å². The van der Waals surface area contributed by atoms with E-state index in [0.29, 0.717) is 24.4 Å². The first-order valence-electron chi connectivity index (χ1n) is 8.18. The third-order valence-corrected chi connectivity index (χ3v) is 4.60. The lowest BCUT2D eigenvalue weighted by atomic mass is 9.94. The zero-order chi connectivity index (χ0) is 15.2. The summed E-state index contributed by atoms with van der Waals surface area (Å²) in [6, 6.07) is 9.35. The molecule has 0 aliphatic carbocycles. The number of benzene rings is 1. The predicted molar refractivity (Wildman–Crippen MR) is 88.5 cm³/mol. The Morgan fingerprint density at radius 2 is 1.90 bits per heavy atom. The Hall–Kier alpha value is -0.900. The highest BCUT2D eigenvalue weighted by atomic mass is 16.5. The smallest absolute Gasteiger partial charge is 0.0502 e. The number of likely N-dealkylation sites (tertiary alicyclic amines) is 1. The standard InChI is InChI=1S/C18H30N2O/c1-14(2)16-6-8-17(9-7-16)18(11-19)20-10-4-5-15(12-20)13-21-3/h6-9,14-15,18H,4-5,10-13,19H2,1-3H3. The molecule has 0 radical (unpaired) electrons. The first-order chi connectivity index (χ1) is 10.2. The number of nitrogens with zero attached hydrogens (tertiary/aromatic N) is 1. The quantitative estimate of drug-likeness (QED) is 0.874. The molecule has 1 aliphatic rings. The Morgan fingerprint density at radius 3 is 2.48 bits per heavy atom. The highest BCUT2D eigenvalue weighted by Gasteiger charge is 2.26. The van der Waals surface area contributed by atoms with Crippen LogP contribution in [-0.2, 0) is 4.74 Å². The predicted octanol–water partition coefficient (Wildman–Crippen LogP) is 3.17. The lowest BCUT2D eigenvalue weighted by Crippen LogP contribution is -2.42. The van der Waals surface area contributed by atoms with E-state index in [9.17, 15) is 0 Å². The van der Waals surface area contributed by atoms with Gasteiger partial charge in [-0.2, -0.15) is 0 Å². The minimum Gasteiger partial charge on any atom is -0.384 e. The number of hydrogen-bond acceptors (Lipinski definition) is 3. The number of rotatable bonds is 6. The van der Waals surface area contributed by atoms with Gasteiger partial charge in [-0.15, -0.1) is 0 Å². The Morgan fingerprint density at radius 1 is 1.24 bits per heavy atom. The van der Waals surface area contributed by atoms with Gasteiger partial charge in [0.2, 0.25) is 0 Å². The van der Waals surface area contributed by atoms with Crippen molar-refractivity contribution in [3.8, 4) is 0 Å². The Kier molecular flexibility index (Phi) is 6.22. The van der Waals surface area contributed by atoms with E-state index in [1.54, 1.807) is 7.11 Å². The van der Waals surface area contributed by atoms with E-state index in [0.717, 1.165) is 19.7 Å². The third-order valence-electron chi connectivity index (χ3n) is 4.60. The molecular formula is C18H30N2O. The number of ether oxygens (including phenoxy) is 1. The van der Waals surface area contributed by atoms with Gasteiger partial charge in [0.15, 0.2) is 0 Å². The SMILES string of the molecule is COCC1CCCN(C(CN)c2ccc(C(C)C)cc2)C1. The maximum Gasteiger partial charge on any atom is 0.0502 e. The lowest BCUT2D eigenvalue weighted by Gasteiger charge is -2.38. The molecule has 21 heavy (non-hydrogen) atoms. The molecule has 2 N–H and O–H groups in total. The van der Waals surface area contributed by atoms with Crippen LogP contribution in [0.15, 0.2) is 24.3 Å². The summed E-state index contributed by atoms with van der Waals surface area (Å²) in [5, 5.41) is 0. The molecule has 3 nitrogen and oxygen atoms in total. The van der Waals surface area contributed by atoms with Crippen molar-refractivity contribution in [1.82, 2.24) is 4.90 Å². The fourth-order valence-electron chi connectivity index (χ4n) is 3.35. The Bertz CT molecular complexity index is 414. The highest BCUT2D eigenvalue weighted by Crippen LogP contribution is 2.27. The number of methoxy groups -OCH3 is 1. The summed E-state index contributed by atoms with van der Waals surface area (Å²) in [6.45, 7) is 8.25. The molecule has 118 valence electrons. The second-order valence-corrected chi connectivity index (χ2v) is 6.53. The summed E-state index contributed by atoms with van der Waals surface area (Å²) >= 11 is 0. The van der Waals surface area contributed by atoms with Crippen molar-refractivity contribution < 1.29 is 4.74 Å². The van der Waals surface area contributed by atoms with Crippen LogP contribution in [0.3, 0.4) is 0 Å². The van der Waals surface area contributed by atoms with E-state index in [2.05, 4.69) is 43.0 Å². The zero-order valence-corrected chi connectivity index (χ0v) is 13.7. The van der Waals surface area contributed by atoms with E-state index >= 15 is 0 Å². The van der Waals surface area contributed by atoms with Gasteiger partial charge in [-0.25, -0.2) is 0 Å². The molecule has 0 bridgehead atoms. The molecule has 1 heterocycles. The maximum atomic E-state index is 6.08. The normalized spacial score (nSPS) is 21.7. The molecule has 2 atom stereocenters. The number of hydrogen-bond donors (Lipinski definition) is 1. The van der Waals surface area contributed by atoms with Gasteiger partial charge in [0.1, 0.15) is 0 Å². The highest BCUT2D eigenvalue weighted by molar-refractivity contribution is 5.27. The molecule has 2 rings (SSSR count). The molecule has 1 aliphatic heterocycles. The molecule has 0 spiro atoms. The molecule has 1 saturated heterocycles. The molecule has 3 heteroatoms. The van der Waals surface area contributed by atoms with Gasteiger partial charge in [-0.05, 0) is 42.3 Å². The van der Waals surface area contributed by atoms with Crippen LogP contribution in [0.4, 0.5) is 0 Å². The molecule has 0 amide bonds. The maximum absolute atomic E-state index is 6.08. The number of piperidine rings is 1. The van der Waals surface area contributed by atoms with E-state index in [-0.39, 0.29) is 0 Å². The first kappa shape index (κ1) is 16.5. The second kappa shape index (κ2) is 7.92. The van der Waals surface area contributed by atoms with E-state index in [4.69, 9.17) is 10.5 Å².